The van der Waals surface area contributed by atoms with E-state index in [0.29, 0.717) is 6.42 Å². The number of hydrogen-bond donors (Lipinski definition) is 1. The number of nitrogens with one attached hydrogen (secondary N) is 1. The Morgan fingerprint density at radius 1 is 0.900 bits per heavy atom. The number of carbonyl (C=O) groups excluding carboxylic acids is 2. The summed E-state index contributed by atoms with van der Waals surface area (Å²) in [4.78, 5) is 22.3. The van der Waals surface area contributed by atoms with Crippen molar-refractivity contribution in [2.45, 2.75) is 12.5 Å². The molecule has 0 spiro atoms. The van der Waals surface area contributed by atoms with Gasteiger partial charge in [0.05, 0.1) is 0 Å². The lowest BCUT2D eigenvalue weighted by Crippen LogP contribution is -2.30. The average molecular weight is 267 g/mol. The van der Waals surface area contributed by atoms with Crippen molar-refractivity contribution >= 4 is 12.1 Å². The van der Waals surface area contributed by atoms with Crippen molar-refractivity contribution in [2.24, 2.45) is 0 Å². The fraction of sp³-hybridized carbons (Fsp3) is 0.125. The highest BCUT2D eigenvalue weighted by Gasteiger charge is 2.32. The van der Waals surface area contributed by atoms with Gasteiger partial charge in [0.2, 0.25) is 0 Å². The van der Waals surface area contributed by atoms with E-state index in [0.717, 1.165) is 16.7 Å². The molecule has 4 nitrogen and oxygen atoms in total. The summed E-state index contributed by atoms with van der Waals surface area (Å²) in [6.45, 7) is 0. The number of cyclic esters (lactones) is 2. The van der Waals surface area contributed by atoms with Gasteiger partial charge in [-0.25, -0.2) is 9.59 Å². The molecule has 20 heavy (non-hydrogen) atoms. The Hall–Kier alpha value is -2.62. The molecule has 100 valence electrons. The van der Waals surface area contributed by atoms with Crippen LogP contribution in [0.3, 0.4) is 0 Å². The number of amides is 1. The van der Waals surface area contributed by atoms with E-state index in [1.54, 1.807) is 0 Å². The lowest BCUT2D eigenvalue weighted by molar-refractivity contribution is -0.135. The van der Waals surface area contributed by atoms with Gasteiger partial charge in [0.15, 0.2) is 0 Å². The molecule has 0 aromatic heterocycles. The minimum Gasteiger partial charge on any atom is -0.375 e. The Labute approximate surface area is 116 Å². The first-order valence-electron chi connectivity index (χ1n) is 6.39. The molecule has 1 unspecified atom stereocenters. The summed E-state index contributed by atoms with van der Waals surface area (Å²) >= 11 is 0. The van der Waals surface area contributed by atoms with Gasteiger partial charge in [0, 0.05) is 6.42 Å². The second-order valence-electron chi connectivity index (χ2n) is 4.67. The summed E-state index contributed by atoms with van der Waals surface area (Å²) in [6.07, 6.45) is -0.222. The summed E-state index contributed by atoms with van der Waals surface area (Å²) in [5.74, 6) is -0.512. The molecule has 1 N–H and O–H groups in total. The van der Waals surface area contributed by atoms with Crippen LogP contribution in [0.5, 0.6) is 0 Å². The average Bonchev–Trinajstić information content (AvgIpc) is 2.79. The number of ether oxygens (including phenoxy) is 1. The van der Waals surface area contributed by atoms with E-state index in [1.807, 2.05) is 54.6 Å². The minimum atomic E-state index is -0.666. The summed E-state index contributed by atoms with van der Waals surface area (Å²) in [5, 5.41) is 2.49. The fourth-order valence-corrected chi connectivity index (χ4v) is 2.23. The molecule has 0 saturated carbocycles. The molecule has 2 aromatic rings. The van der Waals surface area contributed by atoms with Gasteiger partial charge in [0.1, 0.15) is 6.04 Å². The van der Waals surface area contributed by atoms with Gasteiger partial charge in [0.25, 0.3) is 0 Å². The van der Waals surface area contributed by atoms with Gasteiger partial charge >= 0.3 is 12.1 Å². The first-order chi connectivity index (χ1) is 9.72. The zero-order chi connectivity index (χ0) is 13.9. The normalized spacial score (nSPS) is 17.7. The maximum absolute atomic E-state index is 11.4. The van der Waals surface area contributed by atoms with Crippen molar-refractivity contribution in [3.63, 3.8) is 0 Å². The molecular formula is C16H13NO3. The maximum Gasteiger partial charge on any atom is 0.415 e. The number of alkyl carbamates (subject to hydrolysis) is 1. The van der Waals surface area contributed by atoms with Crippen molar-refractivity contribution in [1.29, 1.82) is 0 Å². The van der Waals surface area contributed by atoms with Gasteiger partial charge in [-0.15, -0.1) is 0 Å². The van der Waals surface area contributed by atoms with Crippen molar-refractivity contribution < 1.29 is 14.3 Å². The SMILES string of the molecule is O=C1NC(Cc2ccc(-c3ccccc3)cc2)C(=O)O1. The Balaban J connectivity index is 1.74. The highest BCUT2D eigenvalue weighted by molar-refractivity contribution is 5.95. The smallest absolute Gasteiger partial charge is 0.375 e. The lowest BCUT2D eigenvalue weighted by Gasteiger charge is -2.07. The number of benzene rings is 2. The fourth-order valence-electron chi connectivity index (χ4n) is 2.23. The quantitative estimate of drug-likeness (QED) is 0.686. The zero-order valence-corrected chi connectivity index (χ0v) is 10.7. The van der Waals surface area contributed by atoms with E-state index in [2.05, 4.69) is 10.1 Å². The lowest BCUT2D eigenvalue weighted by atomic mass is 10.0. The van der Waals surface area contributed by atoms with Crippen LogP contribution in [-0.2, 0) is 16.0 Å². The van der Waals surface area contributed by atoms with E-state index >= 15 is 0 Å². The predicted octanol–water partition coefficient (Wildman–Crippen LogP) is 2.53. The Kier molecular flexibility index (Phi) is 3.21. The number of hydrogen-bond acceptors (Lipinski definition) is 3. The third-order valence-electron chi connectivity index (χ3n) is 3.27. The van der Waals surface area contributed by atoms with Crippen LogP contribution in [-0.4, -0.2) is 18.1 Å². The van der Waals surface area contributed by atoms with E-state index in [4.69, 9.17) is 0 Å². The van der Waals surface area contributed by atoms with E-state index in [-0.39, 0.29) is 0 Å². The summed E-state index contributed by atoms with van der Waals surface area (Å²) in [5.41, 5.74) is 3.24. The summed E-state index contributed by atoms with van der Waals surface area (Å²) in [6, 6.07) is 17.4. The highest BCUT2D eigenvalue weighted by Crippen LogP contribution is 2.20. The van der Waals surface area contributed by atoms with Crippen LogP contribution < -0.4 is 5.32 Å². The molecule has 3 rings (SSSR count). The first-order valence-corrected chi connectivity index (χ1v) is 6.39. The van der Waals surface area contributed by atoms with E-state index in [1.165, 1.54) is 0 Å². The van der Waals surface area contributed by atoms with Crippen LogP contribution in [0, 0.1) is 0 Å². The third-order valence-corrected chi connectivity index (χ3v) is 3.27. The van der Waals surface area contributed by atoms with Crippen molar-refractivity contribution in [2.75, 3.05) is 0 Å². The standard InChI is InChI=1S/C16H13NO3/c18-15-14(17-16(19)20-15)10-11-6-8-13(9-7-11)12-4-2-1-3-5-12/h1-9,14H,10H2,(H,17,19). The monoisotopic (exact) mass is 267 g/mol. The predicted molar refractivity (Wildman–Crippen MR) is 74.0 cm³/mol. The van der Waals surface area contributed by atoms with E-state index in [9.17, 15) is 9.59 Å². The van der Waals surface area contributed by atoms with Gasteiger partial charge in [-0.2, -0.15) is 0 Å². The zero-order valence-electron chi connectivity index (χ0n) is 10.7. The van der Waals surface area contributed by atoms with Gasteiger partial charge in [-0.05, 0) is 16.7 Å². The van der Waals surface area contributed by atoms with Crippen LogP contribution >= 0.6 is 0 Å². The Morgan fingerprint density at radius 3 is 2.15 bits per heavy atom. The molecule has 0 radical (unpaired) electrons. The highest BCUT2D eigenvalue weighted by atomic mass is 16.6. The van der Waals surface area contributed by atoms with Crippen LogP contribution in [0.2, 0.25) is 0 Å². The Morgan fingerprint density at radius 2 is 1.55 bits per heavy atom. The molecule has 1 heterocycles. The topological polar surface area (TPSA) is 55.4 Å². The van der Waals surface area contributed by atoms with Crippen molar-refractivity contribution in [3.05, 3.63) is 60.2 Å². The van der Waals surface area contributed by atoms with Gasteiger partial charge < -0.3 is 10.1 Å². The van der Waals surface area contributed by atoms with E-state index < -0.39 is 18.1 Å². The second kappa shape index (κ2) is 5.17. The molecule has 1 amide bonds. The third kappa shape index (κ3) is 2.54. The molecule has 0 bridgehead atoms. The largest absolute Gasteiger partial charge is 0.415 e. The second-order valence-corrected chi connectivity index (χ2v) is 4.67. The molecule has 1 saturated heterocycles. The summed E-state index contributed by atoms with van der Waals surface area (Å²) < 4.78 is 4.45. The van der Waals surface area contributed by atoms with Gasteiger partial charge in [-0.1, -0.05) is 54.6 Å². The summed E-state index contributed by atoms with van der Waals surface area (Å²) in [7, 11) is 0. The molecule has 0 aliphatic carbocycles. The molecule has 2 aromatic carbocycles. The number of rotatable bonds is 3. The van der Waals surface area contributed by atoms with Gasteiger partial charge in [-0.3, -0.25) is 0 Å². The number of esters is 1. The van der Waals surface area contributed by atoms with Crippen molar-refractivity contribution in [1.82, 2.24) is 5.32 Å². The van der Waals surface area contributed by atoms with Crippen LogP contribution in [0.25, 0.3) is 11.1 Å². The molecular weight excluding hydrogens is 254 g/mol. The molecule has 4 heteroatoms. The Bertz CT molecular complexity index is 635. The molecule has 1 aliphatic heterocycles. The van der Waals surface area contributed by atoms with Crippen LogP contribution in [0.4, 0.5) is 4.79 Å². The van der Waals surface area contributed by atoms with Crippen LogP contribution in [0.1, 0.15) is 5.56 Å². The van der Waals surface area contributed by atoms with Crippen LogP contribution in [0.15, 0.2) is 54.6 Å². The first kappa shape index (κ1) is 12.4. The molecule has 1 aliphatic rings. The number of carbonyl (C=O) groups is 2. The van der Waals surface area contributed by atoms with Crippen molar-refractivity contribution in [3.8, 4) is 11.1 Å². The maximum atomic E-state index is 11.4. The molecule has 1 fully saturated rings. The molecule has 1 atom stereocenters. The minimum absolute atomic E-state index is 0.444.